The van der Waals surface area contributed by atoms with Gasteiger partial charge in [0.2, 0.25) is 23.6 Å². The maximum absolute atomic E-state index is 12.5. The molecule has 2 aliphatic rings. The smallest absolute Gasteiger partial charge is 0.237 e. The fourth-order valence-corrected chi connectivity index (χ4v) is 7.63. The summed E-state index contributed by atoms with van der Waals surface area (Å²) in [5, 5.41) is 0.928. The topological polar surface area (TPSA) is 117 Å². The first-order chi connectivity index (χ1) is 25.0. The molecule has 4 heterocycles. The van der Waals surface area contributed by atoms with Crippen LogP contribution in [-0.4, -0.2) is 120 Å². The number of methoxy groups -OCH3 is 2. The summed E-state index contributed by atoms with van der Waals surface area (Å²) in [6.45, 7) is 3.97. The summed E-state index contributed by atoms with van der Waals surface area (Å²) in [7, 11) is 10.3. The summed E-state index contributed by atoms with van der Waals surface area (Å²) < 4.78 is 11.4. The average Bonchev–Trinajstić information content (AvgIpc) is 3.81. The lowest BCUT2D eigenvalue weighted by Gasteiger charge is -2.19. The highest BCUT2D eigenvalue weighted by atomic mass is 35.5. The first kappa shape index (κ1) is 37.4. The number of hydrogen-bond donors (Lipinski definition) is 0. The summed E-state index contributed by atoms with van der Waals surface area (Å²) in [5.41, 5.74) is 5.30. The maximum atomic E-state index is 12.5. The Balaban J connectivity index is 1.22. The number of nitrogens with zero attached hydrogens (tertiary/aromatic N) is 8. The second-order valence-corrected chi connectivity index (χ2v) is 14.4. The summed E-state index contributed by atoms with van der Waals surface area (Å²) in [5.74, 6) is 1.05. The Morgan fingerprint density at radius 1 is 0.692 bits per heavy atom. The fourth-order valence-electron chi connectivity index (χ4n) is 6.98. The molecule has 52 heavy (non-hydrogen) atoms. The number of amides is 2. The minimum atomic E-state index is -0.0242. The molecule has 0 N–H and O–H groups in total. The van der Waals surface area contributed by atoms with Crippen LogP contribution in [0.15, 0.2) is 48.8 Å². The Morgan fingerprint density at radius 2 is 1.08 bits per heavy atom. The zero-order valence-corrected chi connectivity index (χ0v) is 31.9. The predicted molar refractivity (Wildman–Crippen MR) is 201 cm³/mol. The van der Waals surface area contributed by atoms with Crippen LogP contribution in [0.1, 0.15) is 24.2 Å². The zero-order chi connectivity index (χ0) is 37.1. The molecular formula is C38H44Cl2N8O4. The van der Waals surface area contributed by atoms with Crippen molar-refractivity contribution in [2.24, 2.45) is 11.8 Å². The van der Waals surface area contributed by atoms with E-state index in [4.69, 9.17) is 52.6 Å². The monoisotopic (exact) mass is 746 g/mol. The van der Waals surface area contributed by atoms with E-state index in [0.717, 1.165) is 37.1 Å². The van der Waals surface area contributed by atoms with Gasteiger partial charge in [-0.15, -0.1) is 0 Å². The lowest BCUT2D eigenvalue weighted by atomic mass is 9.98. The molecule has 0 saturated carbocycles. The Bertz CT molecular complexity index is 1820. The van der Waals surface area contributed by atoms with Crippen LogP contribution in [-0.2, 0) is 22.7 Å². The van der Waals surface area contributed by atoms with Gasteiger partial charge < -0.3 is 19.3 Å². The van der Waals surface area contributed by atoms with Gasteiger partial charge in [-0.2, -0.15) is 0 Å². The van der Waals surface area contributed by atoms with E-state index in [0.29, 0.717) is 81.9 Å². The molecule has 2 amide bonds. The number of carbonyl (C=O) groups is 2. The molecule has 0 spiro atoms. The van der Waals surface area contributed by atoms with E-state index in [1.807, 2.05) is 36.4 Å². The van der Waals surface area contributed by atoms with Crippen molar-refractivity contribution >= 4 is 35.0 Å². The van der Waals surface area contributed by atoms with Crippen LogP contribution >= 0.6 is 23.2 Å². The van der Waals surface area contributed by atoms with E-state index in [2.05, 4.69) is 9.80 Å². The molecule has 2 unspecified atom stereocenters. The lowest BCUT2D eigenvalue weighted by Crippen LogP contribution is -2.31. The van der Waals surface area contributed by atoms with E-state index in [1.54, 1.807) is 64.6 Å². The molecular weight excluding hydrogens is 703 g/mol. The largest absolute Gasteiger partial charge is 0.480 e. The summed E-state index contributed by atoms with van der Waals surface area (Å²) in [6.07, 6.45) is 5.02. The van der Waals surface area contributed by atoms with Gasteiger partial charge in [-0.3, -0.25) is 29.4 Å². The zero-order valence-electron chi connectivity index (χ0n) is 30.4. The summed E-state index contributed by atoms with van der Waals surface area (Å²) >= 11 is 14.2. The maximum Gasteiger partial charge on any atom is 0.237 e. The quantitative estimate of drug-likeness (QED) is 0.197. The number of benzene rings is 2. The van der Waals surface area contributed by atoms with Gasteiger partial charge in [0, 0.05) is 76.6 Å². The molecule has 2 aromatic heterocycles. The summed E-state index contributed by atoms with van der Waals surface area (Å²) in [4.78, 5) is 51.7. The van der Waals surface area contributed by atoms with Crippen molar-refractivity contribution in [2.75, 3.05) is 68.6 Å². The van der Waals surface area contributed by atoms with Crippen molar-refractivity contribution in [1.29, 1.82) is 0 Å². The Morgan fingerprint density at radius 3 is 1.44 bits per heavy atom. The molecule has 0 aliphatic carbocycles. The number of carbonyl (C=O) groups excluding carboxylic acids is 2. The number of hydrogen-bond acceptors (Lipinski definition) is 10. The number of rotatable bonds is 11. The molecule has 2 aromatic carbocycles. The molecule has 274 valence electrons. The van der Waals surface area contributed by atoms with Gasteiger partial charge in [-0.25, -0.2) is 9.97 Å². The third kappa shape index (κ3) is 7.85. The fraction of sp³-hybridized carbons (Fsp3) is 0.421. The van der Waals surface area contributed by atoms with Gasteiger partial charge >= 0.3 is 0 Å². The van der Waals surface area contributed by atoms with Gasteiger partial charge in [0.1, 0.15) is 11.4 Å². The molecule has 14 heteroatoms. The lowest BCUT2D eigenvalue weighted by molar-refractivity contribution is -0.133. The first-order valence-electron chi connectivity index (χ1n) is 17.2. The molecule has 2 aliphatic heterocycles. The van der Waals surface area contributed by atoms with Gasteiger partial charge in [0.15, 0.2) is 0 Å². The number of ether oxygens (including phenoxy) is 2. The molecule has 0 radical (unpaired) electrons. The molecule has 2 fully saturated rings. The average molecular weight is 748 g/mol. The van der Waals surface area contributed by atoms with Gasteiger partial charge in [0.05, 0.1) is 59.9 Å². The van der Waals surface area contributed by atoms with E-state index in [9.17, 15) is 9.59 Å². The van der Waals surface area contributed by atoms with E-state index in [1.165, 1.54) is 0 Å². The first-order valence-corrected chi connectivity index (χ1v) is 18.0. The highest BCUT2D eigenvalue weighted by Gasteiger charge is 2.31. The van der Waals surface area contributed by atoms with Gasteiger partial charge in [-0.05, 0) is 25.9 Å². The SMILES string of the molecule is COc1nc(-c2cccc(-c3cccc(-c4cnc(CN5CCC(C(=O)N(C)C)C5)c(OC)n4)c3Cl)c2Cl)cnc1CN1CCC(C(=O)N(C)C)C1. The van der Waals surface area contributed by atoms with Gasteiger partial charge in [-0.1, -0.05) is 59.6 Å². The molecule has 12 nitrogen and oxygen atoms in total. The molecule has 2 atom stereocenters. The highest BCUT2D eigenvalue weighted by molar-refractivity contribution is 6.39. The number of halogens is 2. The minimum absolute atomic E-state index is 0.0242. The van der Waals surface area contributed by atoms with Crippen molar-refractivity contribution in [3.05, 3.63) is 70.2 Å². The van der Waals surface area contributed by atoms with Crippen molar-refractivity contribution in [3.63, 3.8) is 0 Å². The second-order valence-electron chi connectivity index (χ2n) is 13.7. The Labute approximate surface area is 314 Å². The van der Waals surface area contributed by atoms with Crippen LogP contribution in [0.4, 0.5) is 0 Å². The van der Waals surface area contributed by atoms with Crippen molar-refractivity contribution in [3.8, 4) is 45.4 Å². The van der Waals surface area contributed by atoms with E-state index < -0.39 is 0 Å². The summed E-state index contributed by atoms with van der Waals surface area (Å²) in [6, 6.07) is 11.4. The number of aromatic nitrogens is 4. The van der Waals surface area contributed by atoms with Crippen LogP contribution in [0, 0.1) is 11.8 Å². The normalized spacial score (nSPS) is 17.7. The molecule has 6 rings (SSSR count). The van der Waals surface area contributed by atoms with Crippen molar-refractivity contribution in [2.45, 2.75) is 25.9 Å². The standard InChI is InChI=1S/C38H44Cl2N8O4/c1-45(2)37(49)23-13-15-47(19-23)21-31-35(51-5)43-29(17-41-31)27-11-7-9-25(33(27)39)26-10-8-12-28(34(26)40)30-18-42-32(36(44-30)52-6)22-48-16-14-24(20-48)38(50)46(3)4/h7-12,17-18,23-24H,13-16,19-22H2,1-6H3. The van der Waals surface area contributed by atoms with E-state index in [-0.39, 0.29) is 23.7 Å². The number of likely N-dealkylation sites (tertiary alicyclic amines) is 2. The Kier molecular flexibility index (Phi) is 11.6. The van der Waals surface area contributed by atoms with Crippen LogP contribution in [0.25, 0.3) is 33.6 Å². The van der Waals surface area contributed by atoms with Crippen molar-refractivity contribution < 1.29 is 19.1 Å². The third-order valence-corrected chi connectivity index (χ3v) is 10.5. The van der Waals surface area contributed by atoms with Crippen LogP contribution in [0.3, 0.4) is 0 Å². The van der Waals surface area contributed by atoms with Crippen LogP contribution < -0.4 is 9.47 Å². The molecule has 4 aromatic rings. The Hall–Kier alpha value is -4.36. The van der Waals surface area contributed by atoms with Gasteiger partial charge in [0.25, 0.3) is 0 Å². The minimum Gasteiger partial charge on any atom is -0.480 e. The molecule has 2 saturated heterocycles. The predicted octanol–water partition coefficient (Wildman–Crippen LogP) is 5.41. The van der Waals surface area contributed by atoms with Crippen molar-refractivity contribution in [1.82, 2.24) is 39.5 Å². The second kappa shape index (κ2) is 16.1. The molecule has 0 bridgehead atoms. The van der Waals surface area contributed by atoms with Crippen LogP contribution in [0.5, 0.6) is 11.8 Å². The third-order valence-electron chi connectivity index (χ3n) is 9.72. The van der Waals surface area contributed by atoms with Crippen LogP contribution in [0.2, 0.25) is 10.0 Å². The van der Waals surface area contributed by atoms with E-state index >= 15 is 0 Å². The highest BCUT2D eigenvalue weighted by Crippen LogP contribution is 2.42.